The summed E-state index contributed by atoms with van der Waals surface area (Å²) >= 11 is 0. The summed E-state index contributed by atoms with van der Waals surface area (Å²) in [6.45, 7) is 0.333. The number of nitrogens with one attached hydrogen (secondary N) is 1. The molecule has 0 bridgehead atoms. The van der Waals surface area contributed by atoms with Gasteiger partial charge < -0.3 is 20.3 Å². The smallest absolute Gasteiger partial charge is 0.166 e. The fourth-order valence-electron chi connectivity index (χ4n) is 1.63. The topological polar surface area (TPSA) is 61.7 Å². The van der Waals surface area contributed by atoms with Crippen LogP contribution in [-0.2, 0) is 6.54 Å². The summed E-state index contributed by atoms with van der Waals surface area (Å²) in [6.07, 6.45) is 0. The first kappa shape index (κ1) is 13.0. The number of halogens is 1. The first-order chi connectivity index (χ1) is 9.10. The van der Waals surface area contributed by atoms with E-state index < -0.39 is 11.6 Å². The van der Waals surface area contributed by atoms with Gasteiger partial charge in [-0.3, -0.25) is 0 Å². The van der Waals surface area contributed by atoms with Crippen molar-refractivity contribution in [3.05, 3.63) is 47.8 Å². The molecule has 0 aliphatic carbocycles. The molecule has 5 heteroatoms. The van der Waals surface area contributed by atoms with Crippen molar-refractivity contribution in [2.75, 3.05) is 12.4 Å². The zero-order valence-electron chi connectivity index (χ0n) is 10.4. The summed E-state index contributed by atoms with van der Waals surface area (Å²) in [5.41, 5.74) is 1.18. The zero-order valence-corrected chi connectivity index (χ0v) is 10.4. The van der Waals surface area contributed by atoms with Crippen molar-refractivity contribution in [1.82, 2.24) is 0 Å². The van der Waals surface area contributed by atoms with Gasteiger partial charge in [0, 0.05) is 29.9 Å². The Labute approximate surface area is 110 Å². The number of phenolic OH excluding ortho intramolecular Hbond substituents is 2. The molecule has 0 aliphatic heterocycles. The Hall–Kier alpha value is -2.43. The van der Waals surface area contributed by atoms with Crippen LogP contribution >= 0.6 is 0 Å². The summed E-state index contributed by atoms with van der Waals surface area (Å²) in [4.78, 5) is 0. The van der Waals surface area contributed by atoms with Gasteiger partial charge in [0.2, 0.25) is 0 Å². The molecule has 0 spiro atoms. The molecule has 0 saturated carbocycles. The maximum Gasteiger partial charge on any atom is 0.166 e. The molecule has 0 aliphatic rings. The predicted molar refractivity (Wildman–Crippen MR) is 70.1 cm³/mol. The standard InChI is InChI=1S/C14H14FNO3/c1-19-11-4-2-9(14(18)7-11)8-16-10-3-5-13(17)12(15)6-10/h2-7,16-18H,8H2,1H3. The summed E-state index contributed by atoms with van der Waals surface area (Å²) in [7, 11) is 1.52. The first-order valence-electron chi connectivity index (χ1n) is 5.68. The van der Waals surface area contributed by atoms with Gasteiger partial charge in [0.05, 0.1) is 7.11 Å². The van der Waals surface area contributed by atoms with Crippen LogP contribution in [0, 0.1) is 5.82 Å². The van der Waals surface area contributed by atoms with Crippen LogP contribution in [0.15, 0.2) is 36.4 Å². The van der Waals surface area contributed by atoms with Gasteiger partial charge in [0.15, 0.2) is 11.6 Å². The van der Waals surface area contributed by atoms with E-state index in [4.69, 9.17) is 9.84 Å². The van der Waals surface area contributed by atoms with Gasteiger partial charge in [-0.2, -0.15) is 0 Å². The van der Waals surface area contributed by atoms with E-state index in [1.54, 1.807) is 18.2 Å². The highest BCUT2D eigenvalue weighted by Gasteiger charge is 2.05. The molecule has 100 valence electrons. The molecule has 0 unspecified atom stereocenters. The highest BCUT2D eigenvalue weighted by molar-refractivity contribution is 5.49. The minimum Gasteiger partial charge on any atom is -0.507 e. The van der Waals surface area contributed by atoms with Crippen molar-refractivity contribution >= 4 is 5.69 Å². The van der Waals surface area contributed by atoms with E-state index in [0.29, 0.717) is 23.5 Å². The van der Waals surface area contributed by atoms with Gasteiger partial charge in [-0.05, 0) is 24.3 Å². The molecule has 0 heterocycles. The Bertz CT molecular complexity index is 587. The minimum absolute atomic E-state index is 0.103. The molecule has 0 amide bonds. The van der Waals surface area contributed by atoms with Crippen LogP contribution in [0.4, 0.5) is 10.1 Å². The fraction of sp³-hybridized carbons (Fsp3) is 0.143. The third kappa shape index (κ3) is 3.07. The van der Waals surface area contributed by atoms with Crippen molar-refractivity contribution in [2.24, 2.45) is 0 Å². The molecule has 0 radical (unpaired) electrons. The predicted octanol–water partition coefficient (Wildman–Crippen LogP) is 2.86. The lowest BCUT2D eigenvalue weighted by Gasteiger charge is -2.09. The Morgan fingerprint density at radius 3 is 2.53 bits per heavy atom. The molecule has 0 saturated heterocycles. The van der Waals surface area contributed by atoms with E-state index in [2.05, 4.69) is 5.32 Å². The number of rotatable bonds is 4. The third-order valence-electron chi connectivity index (χ3n) is 2.72. The lowest BCUT2D eigenvalue weighted by Crippen LogP contribution is -2.00. The SMILES string of the molecule is COc1ccc(CNc2ccc(O)c(F)c2)c(O)c1. The van der Waals surface area contributed by atoms with Gasteiger partial charge >= 0.3 is 0 Å². The highest BCUT2D eigenvalue weighted by atomic mass is 19.1. The van der Waals surface area contributed by atoms with Crippen LogP contribution < -0.4 is 10.1 Å². The van der Waals surface area contributed by atoms with Crippen LogP contribution in [0.25, 0.3) is 0 Å². The van der Waals surface area contributed by atoms with E-state index >= 15 is 0 Å². The summed E-state index contributed by atoms with van der Waals surface area (Å²) in [6, 6.07) is 8.97. The second kappa shape index (κ2) is 5.48. The van der Waals surface area contributed by atoms with E-state index in [1.807, 2.05) is 0 Å². The molecule has 4 nitrogen and oxygen atoms in total. The van der Waals surface area contributed by atoms with Gasteiger partial charge in [-0.15, -0.1) is 0 Å². The van der Waals surface area contributed by atoms with Gasteiger partial charge in [-0.1, -0.05) is 0 Å². The molecule has 19 heavy (non-hydrogen) atoms. The number of benzene rings is 2. The van der Waals surface area contributed by atoms with E-state index in [1.165, 1.54) is 25.3 Å². The van der Waals surface area contributed by atoms with Crippen LogP contribution in [0.3, 0.4) is 0 Å². The Kier molecular flexibility index (Phi) is 3.75. The van der Waals surface area contributed by atoms with E-state index in [-0.39, 0.29) is 5.75 Å². The number of anilines is 1. The van der Waals surface area contributed by atoms with Crippen molar-refractivity contribution < 1.29 is 19.3 Å². The van der Waals surface area contributed by atoms with Crippen molar-refractivity contribution in [3.63, 3.8) is 0 Å². The number of ether oxygens (including phenoxy) is 1. The summed E-state index contributed by atoms with van der Waals surface area (Å²) < 4.78 is 18.1. The summed E-state index contributed by atoms with van der Waals surface area (Å²) in [5, 5.41) is 21.8. The monoisotopic (exact) mass is 263 g/mol. The lowest BCUT2D eigenvalue weighted by atomic mass is 10.2. The normalized spacial score (nSPS) is 10.2. The zero-order chi connectivity index (χ0) is 13.8. The number of phenols is 2. The number of aromatic hydroxyl groups is 2. The van der Waals surface area contributed by atoms with Crippen LogP contribution in [0.1, 0.15) is 5.56 Å². The number of hydrogen-bond acceptors (Lipinski definition) is 4. The molecular formula is C14H14FNO3. The third-order valence-corrected chi connectivity index (χ3v) is 2.72. The quantitative estimate of drug-likeness (QED) is 0.742. The molecule has 2 rings (SSSR count). The molecule has 0 fully saturated rings. The Balaban J connectivity index is 2.07. The van der Waals surface area contributed by atoms with Gasteiger partial charge in [-0.25, -0.2) is 4.39 Å². The second-order valence-corrected chi connectivity index (χ2v) is 4.01. The van der Waals surface area contributed by atoms with Crippen LogP contribution in [-0.4, -0.2) is 17.3 Å². The van der Waals surface area contributed by atoms with E-state index in [0.717, 1.165) is 0 Å². The van der Waals surface area contributed by atoms with E-state index in [9.17, 15) is 9.50 Å². The van der Waals surface area contributed by atoms with Crippen LogP contribution in [0.5, 0.6) is 17.2 Å². The minimum atomic E-state index is -0.691. The van der Waals surface area contributed by atoms with Gasteiger partial charge in [0.25, 0.3) is 0 Å². The average Bonchev–Trinajstić information content (AvgIpc) is 2.41. The molecule has 3 N–H and O–H groups in total. The lowest BCUT2D eigenvalue weighted by molar-refractivity contribution is 0.406. The summed E-state index contributed by atoms with van der Waals surface area (Å²) in [5.74, 6) is -0.412. The maximum absolute atomic E-state index is 13.1. The molecular weight excluding hydrogens is 249 g/mol. The molecule has 2 aromatic carbocycles. The van der Waals surface area contributed by atoms with Crippen molar-refractivity contribution in [3.8, 4) is 17.2 Å². The first-order valence-corrected chi connectivity index (χ1v) is 5.68. The molecule has 2 aromatic rings. The highest BCUT2D eigenvalue weighted by Crippen LogP contribution is 2.25. The van der Waals surface area contributed by atoms with Crippen molar-refractivity contribution in [1.29, 1.82) is 0 Å². The molecule has 0 atom stereocenters. The van der Waals surface area contributed by atoms with Crippen molar-refractivity contribution in [2.45, 2.75) is 6.54 Å². The van der Waals surface area contributed by atoms with Crippen LogP contribution in [0.2, 0.25) is 0 Å². The fourth-order valence-corrected chi connectivity index (χ4v) is 1.63. The largest absolute Gasteiger partial charge is 0.507 e. The number of methoxy groups -OCH3 is 1. The van der Waals surface area contributed by atoms with Gasteiger partial charge in [0.1, 0.15) is 11.5 Å². The average molecular weight is 263 g/mol. The molecule has 0 aromatic heterocycles. The second-order valence-electron chi connectivity index (χ2n) is 4.01. The maximum atomic E-state index is 13.1. The Morgan fingerprint density at radius 1 is 1.11 bits per heavy atom. The number of hydrogen-bond donors (Lipinski definition) is 3. The Morgan fingerprint density at radius 2 is 1.89 bits per heavy atom.